The Labute approximate surface area is 128 Å². The third kappa shape index (κ3) is 2.12. The van der Waals surface area contributed by atoms with Crippen LogP contribution in [0, 0.1) is 11.3 Å². The van der Waals surface area contributed by atoms with Gasteiger partial charge in [0, 0.05) is 43.7 Å². The molecular formula is C15H18N4O3. The van der Waals surface area contributed by atoms with Gasteiger partial charge < -0.3 is 14.5 Å². The Morgan fingerprint density at radius 2 is 2.00 bits per heavy atom. The van der Waals surface area contributed by atoms with Gasteiger partial charge in [0.15, 0.2) is 5.69 Å². The van der Waals surface area contributed by atoms with Gasteiger partial charge in [0.05, 0.1) is 7.11 Å². The van der Waals surface area contributed by atoms with E-state index in [1.54, 1.807) is 12.3 Å². The Hall–Kier alpha value is -2.18. The number of methoxy groups -OCH3 is 1. The van der Waals surface area contributed by atoms with Gasteiger partial charge >= 0.3 is 5.97 Å². The summed E-state index contributed by atoms with van der Waals surface area (Å²) in [5, 5.41) is 0. The van der Waals surface area contributed by atoms with E-state index in [-0.39, 0.29) is 11.1 Å². The van der Waals surface area contributed by atoms with E-state index in [2.05, 4.69) is 14.7 Å². The quantitative estimate of drug-likeness (QED) is 0.749. The number of nitrogens with zero attached hydrogens (tertiary/aromatic N) is 4. The molecule has 1 aromatic heterocycles. The minimum absolute atomic E-state index is 0.204. The number of carbonyl (C=O) groups is 2. The number of likely N-dealkylation sites (tertiary alicyclic amines) is 1. The maximum Gasteiger partial charge on any atom is 0.356 e. The molecule has 7 nitrogen and oxygen atoms in total. The van der Waals surface area contributed by atoms with Crippen molar-refractivity contribution in [1.29, 1.82) is 0 Å². The van der Waals surface area contributed by atoms with Crippen LogP contribution in [0.1, 0.15) is 23.3 Å². The average Bonchev–Trinajstić information content (AvgIpc) is 3.28. The molecule has 0 unspecified atom stereocenters. The van der Waals surface area contributed by atoms with Crippen LogP contribution in [-0.4, -0.2) is 60.0 Å². The molecule has 0 aromatic carbocycles. The first kappa shape index (κ1) is 13.5. The molecule has 4 rings (SSSR count). The molecule has 0 bridgehead atoms. The van der Waals surface area contributed by atoms with Gasteiger partial charge in [0.25, 0.3) is 0 Å². The predicted octanol–water partition coefficient (Wildman–Crippen LogP) is 0.322. The van der Waals surface area contributed by atoms with E-state index in [4.69, 9.17) is 0 Å². The molecule has 3 heterocycles. The van der Waals surface area contributed by atoms with E-state index >= 15 is 0 Å². The number of carbonyl (C=O) groups excluding carboxylic acids is 2. The van der Waals surface area contributed by atoms with Gasteiger partial charge in [-0.25, -0.2) is 14.8 Å². The van der Waals surface area contributed by atoms with E-state index in [9.17, 15) is 9.59 Å². The van der Waals surface area contributed by atoms with Gasteiger partial charge in [0.2, 0.25) is 11.9 Å². The Bertz CT molecular complexity index is 629. The highest BCUT2D eigenvalue weighted by atomic mass is 16.5. The van der Waals surface area contributed by atoms with Crippen molar-refractivity contribution in [2.45, 2.75) is 12.8 Å². The van der Waals surface area contributed by atoms with Crippen LogP contribution in [0.2, 0.25) is 0 Å². The molecule has 116 valence electrons. The molecule has 7 heteroatoms. The van der Waals surface area contributed by atoms with E-state index in [1.807, 2.05) is 9.80 Å². The van der Waals surface area contributed by atoms with Crippen LogP contribution in [0.3, 0.4) is 0 Å². The Balaban J connectivity index is 1.36. The Morgan fingerprint density at radius 1 is 1.27 bits per heavy atom. The largest absolute Gasteiger partial charge is 0.464 e. The maximum absolute atomic E-state index is 12.0. The number of hydrogen-bond donors (Lipinski definition) is 0. The Morgan fingerprint density at radius 3 is 2.64 bits per heavy atom. The summed E-state index contributed by atoms with van der Waals surface area (Å²) < 4.78 is 4.67. The van der Waals surface area contributed by atoms with Crippen molar-refractivity contribution >= 4 is 17.8 Å². The monoisotopic (exact) mass is 302 g/mol. The first-order valence-electron chi connectivity index (χ1n) is 7.55. The van der Waals surface area contributed by atoms with E-state index < -0.39 is 5.97 Å². The minimum Gasteiger partial charge on any atom is -0.464 e. The van der Waals surface area contributed by atoms with Crippen molar-refractivity contribution < 1.29 is 14.3 Å². The van der Waals surface area contributed by atoms with Gasteiger partial charge in [-0.05, 0) is 18.9 Å². The molecule has 22 heavy (non-hydrogen) atoms. The fourth-order valence-corrected chi connectivity index (χ4v) is 3.33. The molecule has 3 aliphatic rings. The summed E-state index contributed by atoms with van der Waals surface area (Å²) in [5.74, 6) is 0.728. The first-order chi connectivity index (χ1) is 10.6. The lowest BCUT2D eigenvalue weighted by atomic mass is 9.73. The van der Waals surface area contributed by atoms with E-state index in [1.165, 1.54) is 7.11 Å². The van der Waals surface area contributed by atoms with Gasteiger partial charge in [0.1, 0.15) is 0 Å². The second-order valence-corrected chi connectivity index (χ2v) is 6.56. The molecule has 1 aliphatic carbocycles. The molecular weight excluding hydrogens is 284 g/mol. The number of ether oxygens (including phenoxy) is 1. The van der Waals surface area contributed by atoms with Crippen molar-refractivity contribution in [3.63, 3.8) is 0 Å². The van der Waals surface area contributed by atoms with Crippen LogP contribution in [0.4, 0.5) is 5.95 Å². The zero-order valence-electron chi connectivity index (χ0n) is 12.5. The molecule has 0 radical (unpaired) electrons. The van der Waals surface area contributed by atoms with Gasteiger partial charge in [-0.2, -0.15) is 0 Å². The summed E-state index contributed by atoms with van der Waals surface area (Å²) in [6.07, 6.45) is 3.69. The second kappa shape index (κ2) is 4.66. The number of hydrogen-bond acceptors (Lipinski definition) is 6. The standard InChI is InChI=1S/C15H18N4O3/c1-22-13(21)11-4-5-16-14(17-11)19-8-15(9-19)6-18(7-15)12(20)10-2-3-10/h4-5,10H,2-3,6-9H2,1H3. The fourth-order valence-electron chi connectivity index (χ4n) is 3.33. The second-order valence-electron chi connectivity index (χ2n) is 6.56. The smallest absolute Gasteiger partial charge is 0.356 e. The third-order valence-corrected chi connectivity index (χ3v) is 4.66. The molecule has 1 saturated carbocycles. The van der Waals surface area contributed by atoms with Crippen molar-refractivity contribution in [1.82, 2.24) is 14.9 Å². The summed E-state index contributed by atoms with van der Waals surface area (Å²) in [6, 6.07) is 1.55. The molecule has 0 N–H and O–H groups in total. The molecule has 3 fully saturated rings. The number of amides is 1. The lowest BCUT2D eigenvalue weighted by molar-refractivity contribution is -0.146. The van der Waals surface area contributed by atoms with Crippen LogP contribution in [0.5, 0.6) is 0 Å². The van der Waals surface area contributed by atoms with Gasteiger partial charge in [-0.1, -0.05) is 0 Å². The topological polar surface area (TPSA) is 75.6 Å². The molecule has 0 atom stereocenters. The van der Waals surface area contributed by atoms with Crippen molar-refractivity contribution in [2.75, 3.05) is 38.2 Å². The SMILES string of the molecule is COC(=O)c1ccnc(N2CC3(CN(C(=O)C4CC4)C3)C2)n1. The normalized spacial score (nSPS) is 22.0. The number of rotatable bonds is 3. The highest BCUT2D eigenvalue weighted by Gasteiger charge is 2.55. The minimum atomic E-state index is -0.455. The summed E-state index contributed by atoms with van der Waals surface area (Å²) >= 11 is 0. The number of anilines is 1. The van der Waals surface area contributed by atoms with E-state index in [0.717, 1.165) is 39.0 Å². The molecule has 2 saturated heterocycles. The third-order valence-electron chi connectivity index (χ3n) is 4.66. The van der Waals surface area contributed by atoms with Crippen molar-refractivity contribution in [3.05, 3.63) is 18.0 Å². The summed E-state index contributed by atoms with van der Waals surface area (Å²) in [6.45, 7) is 3.36. The number of aromatic nitrogens is 2. The van der Waals surface area contributed by atoms with Crippen LogP contribution < -0.4 is 4.90 Å². The van der Waals surface area contributed by atoms with Crippen LogP contribution in [0.15, 0.2) is 12.3 Å². The van der Waals surface area contributed by atoms with Gasteiger partial charge in [-0.3, -0.25) is 4.79 Å². The highest BCUT2D eigenvalue weighted by molar-refractivity contribution is 5.87. The van der Waals surface area contributed by atoms with Crippen LogP contribution >= 0.6 is 0 Å². The fraction of sp³-hybridized carbons (Fsp3) is 0.600. The summed E-state index contributed by atoms with van der Waals surface area (Å²) in [7, 11) is 1.34. The number of esters is 1. The Kier molecular flexibility index (Phi) is 2.85. The summed E-state index contributed by atoms with van der Waals surface area (Å²) in [4.78, 5) is 35.9. The van der Waals surface area contributed by atoms with E-state index in [0.29, 0.717) is 17.8 Å². The van der Waals surface area contributed by atoms with Crippen molar-refractivity contribution in [3.8, 4) is 0 Å². The molecule has 1 aromatic rings. The maximum atomic E-state index is 12.0. The zero-order valence-corrected chi connectivity index (χ0v) is 12.5. The summed E-state index contributed by atoms with van der Waals surface area (Å²) in [5.41, 5.74) is 0.474. The predicted molar refractivity (Wildman–Crippen MR) is 77.3 cm³/mol. The lowest BCUT2D eigenvalue weighted by Crippen LogP contribution is -2.73. The molecule has 2 aliphatic heterocycles. The lowest BCUT2D eigenvalue weighted by Gasteiger charge is -2.60. The highest BCUT2D eigenvalue weighted by Crippen LogP contribution is 2.43. The zero-order chi connectivity index (χ0) is 15.3. The van der Waals surface area contributed by atoms with Gasteiger partial charge in [-0.15, -0.1) is 0 Å². The molecule has 1 spiro atoms. The molecule has 1 amide bonds. The van der Waals surface area contributed by atoms with Crippen molar-refractivity contribution in [2.24, 2.45) is 11.3 Å². The first-order valence-corrected chi connectivity index (χ1v) is 7.55. The van der Waals surface area contributed by atoms with Crippen LogP contribution in [-0.2, 0) is 9.53 Å². The van der Waals surface area contributed by atoms with Crippen LogP contribution in [0.25, 0.3) is 0 Å². The average molecular weight is 302 g/mol.